The number of halogens is 1. The Morgan fingerprint density at radius 1 is 1.14 bits per heavy atom. The molecule has 2 aromatic rings. The monoisotopic (exact) mass is 419 g/mol. The maximum Gasteiger partial charge on any atom is 0.306 e. The van der Waals surface area contributed by atoms with Gasteiger partial charge in [0.25, 0.3) is 10.0 Å². The molecule has 148 valence electrons. The third-order valence-electron chi connectivity index (χ3n) is 4.00. The number of rotatable bonds is 5. The van der Waals surface area contributed by atoms with Crippen molar-refractivity contribution in [3.05, 3.63) is 57.6 Å². The number of hydrogen-bond acceptors (Lipinski definition) is 4. The Morgan fingerprint density at radius 3 is 2.39 bits per heavy atom. The van der Waals surface area contributed by atoms with Crippen LogP contribution in [0.25, 0.3) is 0 Å². The Labute approximate surface area is 171 Å². The lowest BCUT2D eigenvalue weighted by Crippen LogP contribution is -2.16. The highest BCUT2D eigenvalue weighted by atomic mass is 35.5. The van der Waals surface area contributed by atoms with Gasteiger partial charge in [-0.15, -0.1) is 0 Å². The van der Waals surface area contributed by atoms with Gasteiger partial charge >= 0.3 is 5.97 Å². The molecule has 28 heavy (non-hydrogen) atoms. The quantitative estimate of drug-likeness (QED) is 0.577. The van der Waals surface area contributed by atoms with Gasteiger partial charge in [0.15, 0.2) is 0 Å². The Balaban J connectivity index is 2.36. The highest BCUT2D eigenvalue weighted by Gasteiger charge is 2.21. The molecule has 2 aromatic carbocycles. The maximum absolute atomic E-state index is 13.0. The van der Waals surface area contributed by atoms with Crippen LogP contribution in [-0.2, 0) is 19.6 Å². The van der Waals surface area contributed by atoms with E-state index in [4.69, 9.17) is 11.6 Å². The predicted molar refractivity (Wildman–Crippen MR) is 111 cm³/mol. The molecule has 0 spiro atoms. The first-order valence-corrected chi connectivity index (χ1v) is 10.5. The van der Waals surface area contributed by atoms with E-state index in [9.17, 15) is 13.2 Å². The van der Waals surface area contributed by atoms with E-state index in [2.05, 4.69) is 21.3 Å². The lowest BCUT2D eigenvalue weighted by molar-refractivity contribution is -0.140. The number of carbonyl (C=O) groups is 1. The zero-order chi connectivity index (χ0) is 20.9. The molecule has 0 amide bonds. The van der Waals surface area contributed by atoms with Crippen LogP contribution >= 0.6 is 11.6 Å². The number of anilines is 1. The average molecular weight is 420 g/mol. The maximum atomic E-state index is 13.0. The number of carbonyl (C=O) groups excluding carboxylic acids is 1. The molecular formula is C21H22ClNO4S. The van der Waals surface area contributed by atoms with Crippen molar-refractivity contribution in [2.45, 2.75) is 38.5 Å². The Kier molecular flexibility index (Phi) is 7.11. The number of benzene rings is 2. The third-order valence-corrected chi connectivity index (χ3v) is 5.91. The van der Waals surface area contributed by atoms with Crippen molar-refractivity contribution in [3.8, 4) is 11.8 Å². The van der Waals surface area contributed by atoms with Crippen molar-refractivity contribution >= 4 is 33.3 Å². The van der Waals surface area contributed by atoms with Gasteiger partial charge in [-0.3, -0.25) is 9.52 Å². The fourth-order valence-corrected chi connectivity index (χ4v) is 4.63. The molecule has 0 aliphatic carbocycles. The minimum atomic E-state index is -3.81. The minimum Gasteiger partial charge on any atom is -0.469 e. The summed E-state index contributed by atoms with van der Waals surface area (Å²) < 4.78 is 33.2. The summed E-state index contributed by atoms with van der Waals surface area (Å²) in [5, 5.41) is 0.433. The van der Waals surface area contributed by atoms with E-state index in [0.717, 1.165) is 5.56 Å². The lowest BCUT2D eigenvalue weighted by atomic mass is 10.1. The fraction of sp³-hybridized carbons (Fsp3) is 0.286. The molecule has 0 unspecified atom stereocenters. The molecule has 0 saturated heterocycles. The number of hydrogen-bond donors (Lipinski definition) is 1. The number of ether oxygens (including phenoxy) is 1. The average Bonchev–Trinajstić information content (AvgIpc) is 2.59. The van der Waals surface area contributed by atoms with Gasteiger partial charge in [-0.05, 0) is 50.1 Å². The number of aryl methyl sites for hydroxylation is 3. The van der Waals surface area contributed by atoms with Crippen molar-refractivity contribution in [1.29, 1.82) is 0 Å². The zero-order valence-electron chi connectivity index (χ0n) is 16.2. The van der Waals surface area contributed by atoms with Crippen LogP contribution in [0.2, 0.25) is 5.02 Å². The summed E-state index contributed by atoms with van der Waals surface area (Å²) in [6, 6.07) is 8.41. The second-order valence-electron chi connectivity index (χ2n) is 6.40. The van der Waals surface area contributed by atoms with Crippen LogP contribution in [0.5, 0.6) is 0 Å². The molecule has 0 fully saturated rings. The molecule has 0 saturated carbocycles. The SMILES string of the molecule is COC(=O)CCC#Cc1cc(Cl)ccc1NS(=O)(=O)c1c(C)cc(C)cc1C. The molecule has 0 aromatic heterocycles. The van der Waals surface area contributed by atoms with E-state index in [0.29, 0.717) is 33.8 Å². The van der Waals surface area contributed by atoms with E-state index >= 15 is 0 Å². The summed E-state index contributed by atoms with van der Waals surface area (Å²) >= 11 is 6.04. The van der Waals surface area contributed by atoms with E-state index < -0.39 is 10.0 Å². The van der Waals surface area contributed by atoms with Crippen LogP contribution in [0.4, 0.5) is 5.69 Å². The van der Waals surface area contributed by atoms with Crippen molar-refractivity contribution in [1.82, 2.24) is 0 Å². The Hall–Kier alpha value is -2.49. The number of nitrogens with one attached hydrogen (secondary N) is 1. The summed E-state index contributed by atoms with van der Waals surface area (Å²) in [5.74, 6) is 5.37. The van der Waals surface area contributed by atoms with E-state index in [1.54, 1.807) is 32.0 Å². The van der Waals surface area contributed by atoms with Crippen LogP contribution in [-0.4, -0.2) is 21.5 Å². The summed E-state index contributed by atoms with van der Waals surface area (Å²) in [4.78, 5) is 11.4. The smallest absolute Gasteiger partial charge is 0.306 e. The molecule has 0 aliphatic rings. The van der Waals surface area contributed by atoms with Crippen LogP contribution in [0.3, 0.4) is 0 Å². The fourth-order valence-electron chi connectivity index (χ4n) is 2.92. The van der Waals surface area contributed by atoms with E-state index in [-0.39, 0.29) is 17.3 Å². The predicted octanol–water partition coefficient (Wildman–Crippen LogP) is 4.37. The highest BCUT2D eigenvalue weighted by Crippen LogP contribution is 2.27. The van der Waals surface area contributed by atoms with Crippen LogP contribution in [0, 0.1) is 32.6 Å². The van der Waals surface area contributed by atoms with Crippen molar-refractivity contribution in [2.24, 2.45) is 0 Å². The number of sulfonamides is 1. The molecule has 0 bridgehead atoms. The summed E-state index contributed by atoms with van der Waals surface area (Å²) in [6.45, 7) is 5.46. The Morgan fingerprint density at radius 2 is 1.79 bits per heavy atom. The van der Waals surface area contributed by atoms with Gasteiger partial charge < -0.3 is 4.74 Å². The first-order chi connectivity index (χ1) is 13.1. The van der Waals surface area contributed by atoms with Gasteiger partial charge in [0, 0.05) is 11.4 Å². The van der Waals surface area contributed by atoms with Crippen LogP contribution < -0.4 is 4.72 Å². The van der Waals surface area contributed by atoms with Crippen molar-refractivity contribution in [3.63, 3.8) is 0 Å². The first kappa shape index (κ1) is 21.8. The molecule has 5 nitrogen and oxygen atoms in total. The van der Waals surface area contributed by atoms with Gasteiger partial charge in [0.05, 0.1) is 29.7 Å². The largest absolute Gasteiger partial charge is 0.469 e. The van der Waals surface area contributed by atoms with Gasteiger partial charge in [0.1, 0.15) is 0 Å². The van der Waals surface area contributed by atoms with E-state index in [1.807, 2.05) is 19.1 Å². The molecule has 1 N–H and O–H groups in total. The summed E-state index contributed by atoms with van der Waals surface area (Å²) in [6.07, 6.45) is 0.453. The second kappa shape index (κ2) is 9.13. The summed E-state index contributed by atoms with van der Waals surface area (Å²) in [5.41, 5.74) is 3.10. The van der Waals surface area contributed by atoms with Gasteiger partial charge in [-0.1, -0.05) is 41.1 Å². The van der Waals surface area contributed by atoms with Gasteiger partial charge in [-0.25, -0.2) is 8.42 Å². The Bertz CT molecular complexity index is 1040. The standard InChI is InChI=1S/C21H22ClNO4S/c1-14-11-15(2)21(16(3)12-14)28(25,26)23-19-10-9-18(22)13-17(19)7-5-6-8-20(24)27-4/h9-13,23H,6,8H2,1-4H3. The molecule has 0 heterocycles. The minimum absolute atomic E-state index is 0.160. The molecule has 7 heteroatoms. The van der Waals surface area contributed by atoms with Gasteiger partial charge in [-0.2, -0.15) is 0 Å². The molecule has 2 rings (SSSR count). The van der Waals surface area contributed by atoms with Crippen LogP contribution in [0.15, 0.2) is 35.2 Å². The normalized spacial score (nSPS) is 10.8. The molecular weight excluding hydrogens is 398 g/mol. The third kappa shape index (κ3) is 5.51. The van der Waals surface area contributed by atoms with Crippen molar-refractivity contribution < 1.29 is 17.9 Å². The lowest BCUT2D eigenvalue weighted by Gasteiger charge is -2.15. The molecule has 0 atom stereocenters. The highest BCUT2D eigenvalue weighted by molar-refractivity contribution is 7.92. The second-order valence-corrected chi connectivity index (χ2v) is 8.46. The first-order valence-electron chi connectivity index (χ1n) is 8.60. The van der Waals surface area contributed by atoms with Gasteiger partial charge in [0.2, 0.25) is 0 Å². The zero-order valence-corrected chi connectivity index (χ0v) is 17.8. The molecule has 0 radical (unpaired) electrons. The topological polar surface area (TPSA) is 72.5 Å². The van der Waals surface area contributed by atoms with E-state index in [1.165, 1.54) is 7.11 Å². The summed E-state index contributed by atoms with van der Waals surface area (Å²) in [7, 11) is -2.50. The molecule has 0 aliphatic heterocycles. The van der Waals surface area contributed by atoms with Crippen molar-refractivity contribution in [2.75, 3.05) is 11.8 Å². The number of esters is 1. The van der Waals surface area contributed by atoms with Crippen LogP contribution in [0.1, 0.15) is 35.1 Å². The number of methoxy groups -OCH3 is 1.